The predicted molar refractivity (Wildman–Crippen MR) is 62.0 cm³/mol. The van der Waals surface area contributed by atoms with Gasteiger partial charge in [0, 0.05) is 44.0 Å². The molecule has 86 valence electrons. The standard InChI is InChI=1S/C12H17N3O/c1-10(11-4-8-16-9-11)13-5-3-12-14-6-7-15(12)2/h4,6-10,13H,3,5H2,1-2H3. The second-order valence-corrected chi connectivity index (χ2v) is 3.94. The second kappa shape index (κ2) is 4.99. The lowest BCUT2D eigenvalue weighted by Crippen LogP contribution is -2.21. The van der Waals surface area contributed by atoms with Gasteiger partial charge in [0.05, 0.1) is 12.5 Å². The first-order chi connectivity index (χ1) is 7.77. The molecule has 0 aliphatic carbocycles. The van der Waals surface area contributed by atoms with Crippen LogP contribution in [0.2, 0.25) is 0 Å². The van der Waals surface area contributed by atoms with Crippen LogP contribution in [0.25, 0.3) is 0 Å². The zero-order valence-corrected chi connectivity index (χ0v) is 9.68. The van der Waals surface area contributed by atoms with E-state index in [0.717, 1.165) is 18.8 Å². The summed E-state index contributed by atoms with van der Waals surface area (Å²) in [5.41, 5.74) is 1.18. The molecular formula is C12H17N3O. The van der Waals surface area contributed by atoms with E-state index in [0.29, 0.717) is 6.04 Å². The SMILES string of the molecule is CC(NCCc1nccn1C)c1ccoc1. The fourth-order valence-corrected chi connectivity index (χ4v) is 1.68. The summed E-state index contributed by atoms with van der Waals surface area (Å²) in [6.45, 7) is 3.04. The Balaban J connectivity index is 1.78. The van der Waals surface area contributed by atoms with E-state index in [9.17, 15) is 0 Å². The van der Waals surface area contributed by atoms with Crippen molar-refractivity contribution in [1.29, 1.82) is 0 Å². The maximum atomic E-state index is 5.05. The van der Waals surface area contributed by atoms with E-state index in [1.165, 1.54) is 5.56 Å². The number of imidazole rings is 1. The average Bonchev–Trinajstić information content (AvgIpc) is 2.90. The Bertz CT molecular complexity index is 419. The first-order valence-electron chi connectivity index (χ1n) is 5.49. The highest BCUT2D eigenvalue weighted by Crippen LogP contribution is 2.11. The summed E-state index contributed by atoms with van der Waals surface area (Å²) in [7, 11) is 2.02. The van der Waals surface area contributed by atoms with Crippen molar-refractivity contribution in [3.8, 4) is 0 Å². The van der Waals surface area contributed by atoms with E-state index in [1.54, 1.807) is 12.5 Å². The summed E-state index contributed by atoms with van der Waals surface area (Å²) in [5, 5.41) is 3.44. The Morgan fingerprint density at radius 2 is 2.44 bits per heavy atom. The first-order valence-corrected chi connectivity index (χ1v) is 5.49. The minimum Gasteiger partial charge on any atom is -0.472 e. The summed E-state index contributed by atoms with van der Waals surface area (Å²) in [4.78, 5) is 4.28. The monoisotopic (exact) mass is 219 g/mol. The summed E-state index contributed by atoms with van der Waals surface area (Å²) < 4.78 is 7.10. The summed E-state index contributed by atoms with van der Waals surface area (Å²) in [5.74, 6) is 1.10. The van der Waals surface area contributed by atoms with E-state index in [4.69, 9.17) is 4.42 Å². The molecule has 1 N–H and O–H groups in total. The van der Waals surface area contributed by atoms with Gasteiger partial charge < -0.3 is 14.3 Å². The highest BCUT2D eigenvalue weighted by atomic mass is 16.3. The molecule has 4 nitrogen and oxygen atoms in total. The van der Waals surface area contributed by atoms with Crippen molar-refractivity contribution in [1.82, 2.24) is 14.9 Å². The quantitative estimate of drug-likeness (QED) is 0.835. The zero-order valence-electron chi connectivity index (χ0n) is 9.68. The third kappa shape index (κ3) is 2.52. The molecule has 2 aromatic heterocycles. The van der Waals surface area contributed by atoms with Crippen LogP contribution in [-0.4, -0.2) is 16.1 Å². The number of aromatic nitrogens is 2. The minimum absolute atomic E-state index is 0.319. The average molecular weight is 219 g/mol. The first kappa shape index (κ1) is 11.0. The number of rotatable bonds is 5. The maximum Gasteiger partial charge on any atom is 0.109 e. The van der Waals surface area contributed by atoms with Crippen molar-refractivity contribution in [2.45, 2.75) is 19.4 Å². The topological polar surface area (TPSA) is 43.0 Å². The molecule has 2 heterocycles. The van der Waals surface area contributed by atoms with Gasteiger partial charge in [-0.2, -0.15) is 0 Å². The number of hydrogen-bond acceptors (Lipinski definition) is 3. The molecule has 16 heavy (non-hydrogen) atoms. The molecule has 0 amide bonds. The van der Waals surface area contributed by atoms with Crippen molar-refractivity contribution >= 4 is 0 Å². The lowest BCUT2D eigenvalue weighted by Gasteiger charge is -2.11. The van der Waals surface area contributed by atoms with Crippen LogP contribution in [0.5, 0.6) is 0 Å². The molecule has 0 aromatic carbocycles. The summed E-state index contributed by atoms with van der Waals surface area (Å²) in [6.07, 6.45) is 8.21. The number of aryl methyl sites for hydroxylation is 1. The van der Waals surface area contributed by atoms with Crippen LogP contribution < -0.4 is 5.32 Å². The predicted octanol–water partition coefficient (Wildman–Crippen LogP) is 1.91. The van der Waals surface area contributed by atoms with Gasteiger partial charge in [0.15, 0.2) is 0 Å². The largest absolute Gasteiger partial charge is 0.472 e. The van der Waals surface area contributed by atoms with Crippen molar-refractivity contribution in [3.05, 3.63) is 42.4 Å². The maximum absolute atomic E-state index is 5.05. The van der Waals surface area contributed by atoms with Gasteiger partial charge in [-0.1, -0.05) is 0 Å². The van der Waals surface area contributed by atoms with Crippen LogP contribution in [0.4, 0.5) is 0 Å². The smallest absolute Gasteiger partial charge is 0.109 e. The van der Waals surface area contributed by atoms with Crippen molar-refractivity contribution in [2.24, 2.45) is 7.05 Å². The fraction of sp³-hybridized carbons (Fsp3) is 0.417. The normalized spacial score (nSPS) is 12.9. The zero-order chi connectivity index (χ0) is 11.4. The Morgan fingerprint density at radius 1 is 1.56 bits per heavy atom. The molecule has 0 aliphatic rings. The highest BCUT2D eigenvalue weighted by molar-refractivity contribution is 5.10. The number of nitrogens with one attached hydrogen (secondary N) is 1. The van der Waals surface area contributed by atoms with Crippen molar-refractivity contribution in [2.75, 3.05) is 6.54 Å². The van der Waals surface area contributed by atoms with E-state index in [-0.39, 0.29) is 0 Å². The van der Waals surface area contributed by atoms with Gasteiger partial charge in [0.1, 0.15) is 5.82 Å². The van der Waals surface area contributed by atoms with E-state index in [2.05, 4.69) is 17.2 Å². The number of nitrogens with zero attached hydrogens (tertiary/aromatic N) is 2. The van der Waals surface area contributed by atoms with Gasteiger partial charge in [0.2, 0.25) is 0 Å². The van der Waals surface area contributed by atoms with Gasteiger partial charge in [-0.25, -0.2) is 4.98 Å². The summed E-state index contributed by atoms with van der Waals surface area (Å²) >= 11 is 0. The Kier molecular flexibility index (Phi) is 3.41. The molecular weight excluding hydrogens is 202 g/mol. The Hall–Kier alpha value is -1.55. The molecule has 0 radical (unpaired) electrons. The molecule has 1 unspecified atom stereocenters. The van der Waals surface area contributed by atoms with E-state index in [1.807, 2.05) is 30.1 Å². The van der Waals surface area contributed by atoms with Gasteiger partial charge in [-0.15, -0.1) is 0 Å². The molecule has 0 fully saturated rings. The van der Waals surface area contributed by atoms with Crippen LogP contribution >= 0.6 is 0 Å². The third-order valence-corrected chi connectivity index (χ3v) is 2.76. The molecule has 2 aromatic rings. The summed E-state index contributed by atoms with van der Waals surface area (Å²) in [6, 6.07) is 2.30. The van der Waals surface area contributed by atoms with Gasteiger partial charge in [-0.05, 0) is 13.0 Å². The highest BCUT2D eigenvalue weighted by Gasteiger charge is 2.06. The van der Waals surface area contributed by atoms with Gasteiger partial charge >= 0.3 is 0 Å². The van der Waals surface area contributed by atoms with Crippen LogP contribution in [0.15, 0.2) is 35.4 Å². The molecule has 0 saturated carbocycles. The lowest BCUT2D eigenvalue weighted by molar-refractivity contribution is 0.536. The molecule has 0 bridgehead atoms. The Labute approximate surface area is 95.3 Å². The molecule has 2 rings (SSSR count). The van der Waals surface area contributed by atoms with Crippen LogP contribution in [0, 0.1) is 0 Å². The lowest BCUT2D eigenvalue weighted by atomic mass is 10.2. The van der Waals surface area contributed by atoms with Crippen LogP contribution in [-0.2, 0) is 13.5 Å². The molecule has 4 heteroatoms. The van der Waals surface area contributed by atoms with Crippen molar-refractivity contribution in [3.63, 3.8) is 0 Å². The molecule has 1 atom stereocenters. The molecule has 0 aliphatic heterocycles. The molecule has 0 spiro atoms. The minimum atomic E-state index is 0.319. The van der Waals surface area contributed by atoms with Gasteiger partial charge in [0.25, 0.3) is 0 Å². The third-order valence-electron chi connectivity index (χ3n) is 2.76. The van der Waals surface area contributed by atoms with Crippen molar-refractivity contribution < 1.29 is 4.42 Å². The fourth-order valence-electron chi connectivity index (χ4n) is 1.68. The number of hydrogen-bond donors (Lipinski definition) is 1. The van der Waals surface area contributed by atoms with Crippen LogP contribution in [0.3, 0.4) is 0 Å². The second-order valence-electron chi connectivity index (χ2n) is 3.94. The van der Waals surface area contributed by atoms with Crippen LogP contribution in [0.1, 0.15) is 24.4 Å². The van der Waals surface area contributed by atoms with Gasteiger partial charge in [-0.3, -0.25) is 0 Å². The van der Waals surface area contributed by atoms with E-state index < -0.39 is 0 Å². The Morgan fingerprint density at radius 3 is 3.06 bits per heavy atom. The van der Waals surface area contributed by atoms with E-state index >= 15 is 0 Å². The molecule has 0 saturated heterocycles. The number of furan rings is 1.